The van der Waals surface area contributed by atoms with Gasteiger partial charge in [0.05, 0.1) is 11.8 Å². The van der Waals surface area contributed by atoms with E-state index in [4.69, 9.17) is 9.15 Å². The van der Waals surface area contributed by atoms with Crippen LogP contribution in [-0.4, -0.2) is 22.7 Å². The van der Waals surface area contributed by atoms with Gasteiger partial charge >= 0.3 is 0 Å². The van der Waals surface area contributed by atoms with Crippen molar-refractivity contribution in [3.63, 3.8) is 0 Å². The number of nitrogens with one attached hydrogen (secondary N) is 1. The van der Waals surface area contributed by atoms with Crippen molar-refractivity contribution in [2.24, 2.45) is 0 Å². The van der Waals surface area contributed by atoms with Crippen LogP contribution in [0.5, 0.6) is 0 Å². The first kappa shape index (κ1) is 15.2. The average Bonchev–Trinajstić information content (AvgIpc) is 2.60. The Kier molecular flexibility index (Phi) is 4.93. The average molecular weight is 254 g/mol. The van der Waals surface area contributed by atoms with Crippen molar-refractivity contribution in [2.45, 2.75) is 65.7 Å². The van der Waals surface area contributed by atoms with E-state index in [2.05, 4.69) is 31.1 Å². The summed E-state index contributed by atoms with van der Waals surface area (Å²) < 4.78 is 11.3. The molecule has 0 aliphatic rings. The zero-order chi connectivity index (χ0) is 13.8. The fourth-order valence-corrected chi connectivity index (χ4v) is 1.36. The van der Waals surface area contributed by atoms with Gasteiger partial charge in [-0.15, -0.1) is 0 Å². The fourth-order valence-electron chi connectivity index (χ4n) is 1.36. The molecule has 0 fully saturated rings. The molecule has 0 spiro atoms. The molecule has 18 heavy (non-hydrogen) atoms. The van der Waals surface area contributed by atoms with E-state index in [1.807, 2.05) is 20.8 Å². The Morgan fingerprint density at radius 1 is 1.22 bits per heavy atom. The second-order valence-corrected chi connectivity index (χ2v) is 6.55. The van der Waals surface area contributed by atoms with Crippen molar-refractivity contribution in [3.05, 3.63) is 17.8 Å². The highest BCUT2D eigenvalue weighted by Gasteiger charge is 2.13. The van der Waals surface area contributed by atoms with Crippen LogP contribution in [-0.2, 0) is 17.8 Å². The lowest BCUT2D eigenvalue weighted by Crippen LogP contribution is -2.37. The molecule has 1 aromatic rings. The Morgan fingerprint density at radius 3 is 2.44 bits per heavy atom. The van der Waals surface area contributed by atoms with E-state index in [9.17, 15) is 0 Å². The summed E-state index contributed by atoms with van der Waals surface area (Å²) in [4.78, 5) is 4.25. The first-order valence-corrected chi connectivity index (χ1v) is 6.48. The molecular formula is C14H26N2O2. The maximum Gasteiger partial charge on any atom is 0.195 e. The third kappa shape index (κ3) is 6.77. The molecule has 0 aliphatic carbocycles. The van der Waals surface area contributed by atoms with Crippen molar-refractivity contribution >= 4 is 0 Å². The third-order valence-electron chi connectivity index (χ3n) is 2.24. The molecule has 1 N–H and O–H groups in total. The molecule has 0 unspecified atom stereocenters. The molecule has 4 heteroatoms. The van der Waals surface area contributed by atoms with E-state index in [1.54, 1.807) is 6.20 Å². The van der Waals surface area contributed by atoms with E-state index in [0.717, 1.165) is 24.6 Å². The van der Waals surface area contributed by atoms with Crippen molar-refractivity contribution in [1.29, 1.82) is 0 Å². The Labute approximate surface area is 110 Å². The normalized spacial score (nSPS) is 13.0. The smallest absolute Gasteiger partial charge is 0.195 e. The highest BCUT2D eigenvalue weighted by atomic mass is 16.5. The summed E-state index contributed by atoms with van der Waals surface area (Å²) in [5, 5.41) is 3.40. The predicted molar refractivity (Wildman–Crippen MR) is 72.5 cm³/mol. The van der Waals surface area contributed by atoms with Gasteiger partial charge in [-0.2, -0.15) is 0 Å². The summed E-state index contributed by atoms with van der Waals surface area (Å²) in [5.74, 6) is 1.55. The number of aromatic nitrogens is 1. The van der Waals surface area contributed by atoms with E-state index in [1.165, 1.54) is 0 Å². The van der Waals surface area contributed by atoms with Gasteiger partial charge in [0.2, 0.25) is 0 Å². The topological polar surface area (TPSA) is 47.3 Å². The highest BCUT2D eigenvalue weighted by Crippen LogP contribution is 2.13. The minimum absolute atomic E-state index is 0.130. The maximum atomic E-state index is 5.64. The number of ether oxygens (including phenoxy) is 1. The molecular weight excluding hydrogens is 228 g/mol. The molecule has 4 nitrogen and oxygen atoms in total. The van der Waals surface area contributed by atoms with E-state index >= 15 is 0 Å². The van der Waals surface area contributed by atoms with Gasteiger partial charge in [0.25, 0.3) is 0 Å². The quantitative estimate of drug-likeness (QED) is 0.877. The maximum absolute atomic E-state index is 5.64. The molecule has 0 radical (unpaired) electrons. The molecule has 0 bridgehead atoms. The predicted octanol–water partition coefficient (Wildman–Crippen LogP) is 2.92. The number of rotatable bonds is 5. The summed E-state index contributed by atoms with van der Waals surface area (Å²) >= 11 is 0. The largest absolute Gasteiger partial charge is 0.443 e. The monoisotopic (exact) mass is 254 g/mol. The van der Waals surface area contributed by atoms with E-state index in [-0.39, 0.29) is 11.1 Å². The molecule has 0 saturated heterocycles. The summed E-state index contributed by atoms with van der Waals surface area (Å²) in [7, 11) is 0. The van der Waals surface area contributed by atoms with Gasteiger partial charge in [0, 0.05) is 18.5 Å². The molecule has 0 atom stereocenters. The van der Waals surface area contributed by atoms with Crippen LogP contribution in [0.25, 0.3) is 0 Å². The van der Waals surface area contributed by atoms with Crippen LogP contribution in [0.15, 0.2) is 10.6 Å². The van der Waals surface area contributed by atoms with Gasteiger partial charge in [-0.25, -0.2) is 4.98 Å². The molecule has 0 saturated carbocycles. The van der Waals surface area contributed by atoms with Crippen LogP contribution in [0.3, 0.4) is 0 Å². The lowest BCUT2D eigenvalue weighted by Gasteiger charge is -2.19. The summed E-state index contributed by atoms with van der Waals surface area (Å²) in [5.41, 5.74) is -0.0223. The van der Waals surface area contributed by atoms with Crippen molar-refractivity contribution < 1.29 is 9.15 Å². The van der Waals surface area contributed by atoms with Crippen LogP contribution in [0, 0.1) is 0 Å². The van der Waals surface area contributed by atoms with Gasteiger partial charge in [0.1, 0.15) is 12.4 Å². The lowest BCUT2D eigenvalue weighted by molar-refractivity contribution is -0.0227. The Hall–Kier alpha value is -0.870. The zero-order valence-corrected chi connectivity index (χ0v) is 12.5. The Morgan fingerprint density at radius 2 is 1.89 bits per heavy atom. The summed E-state index contributed by atoms with van der Waals surface area (Å²) in [6.07, 6.45) is 2.55. The van der Waals surface area contributed by atoms with E-state index < -0.39 is 0 Å². The second kappa shape index (κ2) is 5.85. The standard InChI is InChI=1S/C14H26N2O2/c1-13(2,3)16-8-7-12-15-9-11(18-12)10-17-14(4,5)6/h9,16H,7-8,10H2,1-6H3. The van der Waals surface area contributed by atoms with Crippen molar-refractivity contribution in [3.8, 4) is 0 Å². The van der Waals surface area contributed by atoms with Gasteiger partial charge < -0.3 is 14.5 Å². The van der Waals surface area contributed by atoms with Crippen molar-refractivity contribution in [1.82, 2.24) is 10.3 Å². The zero-order valence-electron chi connectivity index (χ0n) is 12.5. The molecule has 104 valence electrons. The van der Waals surface area contributed by atoms with Crippen LogP contribution in [0.4, 0.5) is 0 Å². The van der Waals surface area contributed by atoms with Gasteiger partial charge in [-0.05, 0) is 41.5 Å². The van der Waals surface area contributed by atoms with Gasteiger partial charge in [-0.1, -0.05) is 0 Å². The number of hydrogen-bond acceptors (Lipinski definition) is 4. The second-order valence-electron chi connectivity index (χ2n) is 6.55. The van der Waals surface area contributed by atoms with E-state index in [0.29, 0.717) is 6.61 Å². The van der Waals surface area contributed by atoms with Gasteiger partial charge in [-0.3, -0.25) is 0 Å². The summed E-state index contributed by atoms with van der Waals surface area (Å²) in [6, 6.07) is 0. The first-order valence-electron chi connectivity index (χ1n) is 6.48. The lowest BCUT2D eigenvalue weighted by atomic mass is 10.1. The Bertz CT molecular complexity index is 359. The number of nitrogens with zero attached hydrogens (tertiary/aromatic N) is 1. The fraction of sp³-hybridized carbons (Fsp3) is 0.786. The Balaban J connectivity index is 2.35. The molecule has 1 heterocycles. The molecule has 0 aromatic carbocycles. The third-order valence-corrected chi connectivity index (χ3v) is 2.24. The SMILES string of the molecule is CC(C)(C)NCCc1ncc(COC(C)(C)C)o1. The summed E-state index contributed by atoms with van der Waals surface area (Å²) in [6.45, 7) is 13.8. The molecule has 0 amide bonds. The molecule has 0 aliphatic heterocycles. The van der Waals surface area contributed by atoms with Crippen LogP contribution in [0.2, 0.25) is 0 Å². The van der Waals surface area contributed by atoms with Crippen LogP contribution >= 0.6 is 0 Å². The minimum Gasteiger partial charge on any atom is -0.443 e. The minimum atomic E-state index is -0.152. The molecule has 1 aromatic heterocycles. The number of hydrogen-bond donors (Lipinski definition) is 1. The van der Waals surface area contributed by atoms with Gasteiger partial charge in [0.15, 0.2) is 5.89 Å². The first-order chi connectivity index (χ1) is 8.16. The van der Waals surface area contributed by atoms with Crippen molar-refractivity contribution in [2.75, 3.05) is 6.54 Å². The van der Waals surface area contributed by atoms with Crippen LogP contribution in [0.1, 0.15) is 53.2 Å². The number of oxazole rings is 1. The van der Waals surface area contributed by atoms with Crippen LogP contribution < -0.4 is 5.32 Å². The highest BCUT2D eigenvalue weighted by molar-refractivity contribution is 4.93. The molecule has 1 rings (SSSR count).